The number of nitrogens with zero attached hydrogens (tertiary/aromatic N) is 4. The zero-order chi connectivity index (χ0) is 23.0. The Morgan fingerprint density at radius 1 is 1.21 bits per heavy atom. The van der Waals surface area contributed by atoms with Crippen molar-refractivity contribution in [2.75, 3.05) is 11.9 Å². The van der Waals surface area contributed by atoms with Crippen molar-refractivity contribution in [3.63, 3.8) is 0 Å². The lowest BCUT2D eigenvalue weighted by Crippen LogP contribution is -2.29. The molecule has 1 saturated carbocycles. The predicted molar refractivity (Wildman–Crippen MR) is 125 cm³/mol. The second-order valence-electron chi connectivity index (χ2n) is 7.97. The van der Waals surface area contributed by atoms with Gasteiger partial charge >= 0.3 is 10.3 Å². The van der Waals surface area contributed by atoms with E-state index in [1.807, 2.05) is 41.8 Å². The normalized spacial score (nSPS) is 21.0. The van der Waals surface area contributed by atoms with Gasteiger partial charge in [-0.2, -0.15) is 18.0 Å². The van der Waals surface area contributed by atoms with Gasteiger partial charge in [0.1, 0.15) is 16.5 Å². The number of fused-ring (bicyclic) bond motifs is 1. The Labute approximate surface area is 194 Å². The highest BCUT2D eigenvalue weighted by atomic mass is 32.2. The quantitative estimate of drug-likeness (QED) is 0.361. The molecule has 0 radical (unpaired) electrons. The molecule has 4 aromatic rings. The van der Waals surface area contributed by atoms with Gasteiger partial charge in [-0.3, -0.25) is 4.18 Å². The van der Waals surface area contributed by atoms with Gasteiger partial charge in [0.05, 0.1) is 24.4 Å². The number of thiazole rings is 1. The van der Waals surface area contributed by atoms with E-state index >= 15 is 0 Å². The van der Waals surface area contributed by atoms with Crippen molar-refractivity contribution in [3.05, 3.63) is 54.0 Å². The van der Waals surface area contributed by atoms with Gasteiger partial charge in [-0.05, 0) is 24.8 Å². The average Bonchev–Trinajstić information content (AvgIpc) is 3.51. The van der Waals surface area contributed by atoms with E-state index in [4.69, 9.17) is 14.3 Å². The molecule has 3 aromatic heterocycles. The number of aliphatic hydroxyl groups is 1. The number of benzene rings is 1. The monoisotopic (exact) mass is 486 g/mol. The lowest BCUT2D eigenvalue weighted by Gasteiger charge is -2.18. The Kier molecular flexibility index (Phi) is 5.85. The first-order valence-electron chi connectivity index (χ1n) is 10.3. The van der Waals surface area contributed by atoms with E-state index in [2.05, 4.69) is 15.4 Å². The van der Waals surface area contributed by atoms with Crippen LogP contribution in [0, 0.1) is 5.92 Å². The highest BCUT2D eigenvalue weighted by molar-refractivity contribution is 7.84. The summed E-state index contributed by atoms with van der Waals surface area (Å²) in [6.07, 6.45) is 1.95. The fourth-order valence-corrected chi connectivity index (χ4v) is 5.20. The first kappa shape index (κ1) is 21.9. The number of aromatic nitrogens is 4. The number of aliphatic hydroxyl groups excluding tert-OH is 1. The van der Waals surface area contributed by atoms with Crippen LogP contribution in [0.3, 0.4) is 0 Å². The molecule has 0 aliphatic heterocycles. The van der Waals surface area contributed by atoms with E-state index < -0.39 is 16.4 Å². The third-order valence-corrected chi connectivity index (χ3v) is 6.91. The molecular weight excluding hydrogens is 464 g/mol. The number of hydrogen-bond acceptors (Lipinski definition) is 9. The van der Waals surface area contributed by atoms with Crippen molar-refractivity contribution in [1.29, 1.82) is 0 Å². The largest absolute Gasteiger partial charge is 0.391 e. The second kappa shape index (κ2) is 8.80. The minimum atomic E-state index is -4.00. The summed E-state index contributed by atoms with van der Waals surface area (Å²) in [6.45, 7) is -0.0560. The Morgan fingerprint density at radius 2 is 2.03 bits per heavy atom. The minimum absolute atomic E-state index is 0.0560. The molecule has 0 amide bonds. The summed E-state index contributed by atoms with van der Waals surface area (Å²) in [5.74, 6) is 0.538. The molecule has 10 nitrogen and oxygen atoms in total. The highest BCUT2D eigenvalue weighted by Gasteiger charge is 2.34. The molecule has 3 atom stereocenters. The Hall–Kier alpha value is -2.90. The number of anilines is 1. The highest BCUT2D eigenvalue weighted by Crippen LogP contribution is 2.31. The fourth-order valence-electron chi connectivity index (χ4n) is 4.03. The van der Waals surface area contributed by atoms with Gasteiger partial charge in [-0.25, -0.2) is 15.1 Å². The number of hydrogen-bond donors (Lipinski definition) is 3. The van der Waals surface area contributed by atoms with E-state index in [1.54, 1.807) is 16.8 Å². The van der Waals surface area contributed by atoms with E-state index in [0.717, 1.165) is 16.3 Å². The molecular formula is C21H22N6O4S2. The van der Waals surface area contributed by atoms with Crippen molar-refractivity contribution in [2.45, 2.75) is 25.0 Å². The average molecular weight is 487 g/mol. The van der Waals surface area contributed by atoms with Crippen LogP contribution in [0.5, 0.6) is 0 Å². The summed E-state index contributed by atoms with van der Waals surface area (Å²) in [6, 6.07) is 13.3. The molecule has 1 aromatic carbocycles. The molecule has 4 N–H and O–H groups in total. The standard InChI is InChI=1S/C21H22N6O4S2/c22-33(29,30)31-11-13-8-15(18(28)9-13)24-19-6-7-23-20-10-16(26-27(19)20)21-25-17(12-32-21)14-4-2-1-3-5-14/h1-7,10,12-13,15,18,24,28H,8-9,11H2,(H2,22,29,30)/t13-,15+,18+/m0/s1. The zero-order valence-corrected chi connectivity index (χ0v) is 19.0. The van der Waals surface area contributed by atoms with Crippen LogP contribution in [-0.4, -0.2) is 51.9 Å². The first-order valence-corrected chi connectivity index (χ1v) is 12.7. The summed E-state index contributed by atoms with van der Waals surface area (Å²) < 4.78 is 28.5. The van der Waals surface area contributed by atoms with Crippen LogP contribution >= 0.6 is 11.3 Å². The van der Waals surface area contributed by atoms with Crippen LogP contribution in [0.15, 0.2) is 54.0 Å². The molecule has 5 rings (SSSR count). The van der Waals surface area contributed by atoms with Gasteiger partial charge in [0, 0.05) is 23.2 Å². The third-order valence-electron chi connectivity index (χ3n) is 5.58. The van der Waals surface area contributed by atoms with Crippen molar-refractivity contribution < 1.29 is 17.7 Å². The van der Waals surface area contributed by atoms with Gasteiger partial charge in [-0.15, -0.1) is 11.3 Å². The SMILES string of the molecule is NS(=O)(=O)OC[C@@H]1C[C@@H](O)[C@H](Nc2ccnc3cc(-c4nc(-c5ccccc5)cs4)nn23)C1. The van der Waals surface area contributed by atoms with Gasteiger partial charge < -0.3 is 10.4 Å². The molecule has 172 valence electrons. The maximum atomic E-state index is 11.0. The Bertz CT molecular complexity index is 1370. The summed E-state index contributed by atoms with van der Waals surface area (Å²) >= 11 is 1.51. The van der Waals surface area contributed by atoms with Crippen LogP contribution in [0.4, 0.5) is 5.82 Å². The van der Waals surface area contributed by atoms with E-state index in [1.165, 1.54) is 11.3 Å². The van der Waals surface area contributed by atoms with Gasteiger partial charge in [0.25, 0.3) is 0 Å². The van der Waals surface area contributed by atoms with Crippen LogP contribution in [-0.2, 0) is 14.5 Å². The van der Waals surface area contributed by atoms with E-state index in [0.29, 0.717) is 30.0 Å². The zero-order valence-electron chi connectivity index (χ0n) is 17.4. The third kappa shape index (κ3) is 4.89. The lowest BCUT2D eigenvalue weighted by atomic mass is 10.1. The fraction of sp³-hybridized carbons (Fsp3) is 0.286. The topological polar surface area (TPSA) is 145 Å². The van der Waals surface area contributed by atoms with E-state index in [9.17, 15) is 13.5 Å². The van der Waals surface area contributed by atoms with Crippen molar-refractivity contribution in [3.8, 4) is 22.0 Å². The maximum absolute atomic E-state index is 11.0. The van der Waals surface area contributed by atoms with E-state index in [-0.39, 0.29) is 18.6 Å². The smallest absolute Gasteiger partial charge is 0.333 e. The molecule has 0 bridgehead atoms. The molecule has 0 saturated heterocycles. The van der Waals surface area contributed by atoms with Gasteiger partial charge in [0.15, 0.2) is 5.65 Å². The first-order chi connectivity index (χ1) is 15.9. The van der Waals surface area contributed by atoms with Crippen LogP contribution < -0.4 is 10.5 Å². The summed E-state index contributed by atoms with van der Waals surface area (Å²) in [5.41, 5.74) is 3.28. The van der Waals surface area contributed by atoms with Crippen molar-refractivity contribution in [1.82, 2.24) is 19.6 Å². The van der Waals surface area contributed by atoms with Crippen LogP contribution in [0.2, 0.25) is 0 Å². The second-order valence-corrected chi connectivity index (χ2v) is 10.0. The molecule has 1 aliphatic carbocycles. The van der Waals surface area contributed by atoms with Gasteiger partial charge in [-0.1, -0.05) is 30.3 Å². The molecule has 0 spiro atoms. The minimum Gasteiger partial charge on any atom is -0.391 e. The molecule has 1 fully saturated rings. The molecule has 1 aliphatic rings. The maximum Gasteiger partial charge on any atom is 0.333 e. The molecule has 3 heterocycles. The predicted octanol–water partition coefficient (Wildman–Crippen LogP) is 2.29. The number of nitrogens with two attached hydrogens (primary N) is 1. The molecule has 33 heavy (non-hydrogen) atoms. The molecule has 0 unspecified atom stereocenters. The Balaban J connectivity index is 1.35. The summed E-state index contributed by atoms with van der Waals surface area (Å²) in [4.78, 5) is 9.11. The number of nitrogens with one attached hydrogen (secondary N) is 1. The van der Waals surface area contributed by atoms with Crippen molar-refractivity contribution in [2.24, 2.45) is 11.1 Å². The van der Waals surface area contributed by atoms with Crippen LogP contribution in [0.1, 0.15) is 12.8 Å². The Morgan fingerprint density at radius 3 is 2.82 bits per heavy atom. The lowest BCUT2D eigenvalue weighted by molar-refractivity contribution is 0.160. The summed E-state index contributed by atoms with van der Waals surface area (Å²) in [7, 11) is -4.00. The van der Waals surface area contributed by atoms with Gasteiger partial charge in [0.2, 0.25) is 0 Å². The number of rotatable bonds is 7. The van der Waals surface area contributed by atoms with Crippen molar-refractivity contribution >= 4 is 33.1 Å². The summed E-state index contributed by atoms with van der Waals surface area (Å²) in [5, 5.41) is 26.1. The molecule has 12 heteroatoms. The van der Waals surface area contributed by atoms with Crippen LogP contribution in [0.25, 0.3) is 27.6 Å².